The lowest BCUT2D eigenvalue weighted by Gasteiger charge is -2.34. The van der Waals surface area contributed by atoms with E-state index in [1.807, 2.05) is 45.2 Å². The minimum absolute atomic E-state index is 0.168. The third-order valence-electron chi connectivity index (χ3n) is 6.69. The van der Waals surface area contributed by atoms with E-state index in [0.29, 0.717) is 56.9 Å². The normalized spacial score (nSPS) is 15.7. The lowest BCUT2D eigenvalue weighted by atomic mass is 10.0. The van der Waals surface area contributed by atoms with Crippen molar-refractivity contribution in [1.29, 1.82) is 0 Å². The fourth-order valence-corrected chi connectivity index (χ4v) is 5.37. The van der Waals surface area contributed by atoms with Crippen LogP contribution < -0.4 is 5.56 Å². The van der Waals surface area contributed by atoms with Gasteiger partial charge < -0.3 is 19.5 Å². The summed E-state index contributed by atoms with van der Waals surface area (Å²) in [6, 6.07) is 12.5. The van der Waals surface area contributed by atoms with Crippen molar-refractivity contribution < 1.29 is 19.4 Å². The van der Waals surface area contributed by atoms with E-state index in [1.54, 1.807) is 39.9 Å². The summed E-state index contributed by atoms with van der Waals surface area (Å²) in [6.07, 6.45) is 2.68. The van der Waals surface area contributed by atoms with E-state index in [0.717, 1.165) is 5.56 Å². The van der Waals surface area contributed by atoms with Crippen LogP contribution in [0.5, 0.6) is 0 Å². The number of thioether (sulfide) groups is 1. The van der Waals surface area contributed by atoms with Gasteiger partial charge in [0.15, 0.2) is 5.16 Å². The number of halogens is 1. The van der Waals surface area contributed by atoms with E-state index >= 15 is 0 Å². The largest absolute Gasteiger partial charge is 0.444 e. The first-order valence-corrected chi connectivity index (χ1v) is 15.1. The molecule has 0 aliphatic carbocycles. The molecule has 1 amide bonds. The topological polar surface area (TPSA) is 120 Å². The van der Waals surface area contributed by atoms with Crippen LogP contribution in [0.4, 0.5) is 4.79 Å². The van der Waals surface area contributed by atoms with Crippen molar-refractivity contribution in [3.05, 3.63) is 69.7 Å². The highest BCUT2D eigenvalue weighted by Crippen LogP contribution is 2.32. The first kappa shape index (κ1) is 30.0. The van der Waals surface area contributed by atoms with Crippen LogP contribution in [0.1, 0.15) is 26.5 Å². The maximum Gasteiger partial charge on any atom is 0.410 e. The van der Waals surface area contributed by atoms with Crippen LogP contribution in [0.15, 0.2) is 58.6 Å². The number of rotatable bonds is 6. The third kappa shape index (κ3) is 6.59. The molecule has 1 N–H and O–H groups in total. The average molecular weight is 610 g/mol. The number of ether oxygens (including phenoxy) is 2. The Kier molecular flexibility index (Phi) is 8.84. The standard InChI is InChI=1S/C30H32ClN5O5S/c1-30(2,3)41-29(39)35-10-11-40-21(15-35)16-36-26-19(14-32-28(34-26)42-4)12-23(27(36)38)22-9-8-18(13-24(22)31)25-7-5-6-20(17-37)33-25/h5-9,12-14,21,37H,10-11,15-17H2,1-4H3/t21-/m0/s1. The van der Waals surface area contributed by atoms with E-state index in [9.17, 15) is 14.7 Å². The number of nitrogens with zero attached hydrogens (tertiary/aromatic N) is 5. The molecular formula is C30H32ClN5O5S. The number of benzene rings is 1. The molecule has 42 heavy (non-hydrogen) atoms. The number of aliphatic hydroxyl groups excluding tert-OH is 1. The monoisotopic (exact) mass is 609 g/mol. The number of carbonyl (C=O) groups is 1. The number of aliphatic hydroxyl groups is 1. The SMILES string of the molecule is CSc1ncc2cc(-c3ccc(-c4cccc(CO)n4)cc3Cl)c(=O)n(C[C@@H]3CN(C(=O)OC(C)(C)C)CCO3)c2n1. The Bertz CT molecular complexity index is 1690. The van der Waals surface area contributed by atoms with Crippen molar-refractivity contribution in [2.75, 3.05) is 26.0 Å². The van der Waals surface area contributed by atoms with Gasteiger partial charge in [-0.15, -0.1) is 0 Å². The van der Waals surface area contributed by atoms with Gasteiger partial charge in [-0.05, 0) is 51.3 Å². The first-order valence-electron chi connectivity index (χ1n) is 13.5. The first-order chi connectivity index (χ1) is 20.1. The quantitative estimate of drug-likeness (QED) is 0.237. The van der Waals surface area contributed by atoms with Crippen LogP contribution in [0.3, 0.4) is 0 Å². The van der Waals surface area contributed by atoms with Crippen LogP contribution in [-0.4, -0.2) is 73.3 Å². The molecule has 4 heterocycles. The fraction of sp³-hybridized carbons (Fsp3) is 0.367. The van der Waals surface area contributed by atoms with Gasteiger partial charge in [0.1, 0.15) is 11.2 Å². The minimum atomic E-state index is -0.621. The molecule has 0 saturated carbocycles. The molecule has 4 aromatic rings. The van der Waals surface area contributed by atoms with Gasteiger partial charge >= 0.3 is 6.09 Å². The van der Waals surface area contributed by atoms with Crippen molar-refractivity contribution in [2.45, 2.75) is 50.8 Å². The van der Waals surface area contributed by atoms with E-state index in [4.69, 9.17) is 21.1 Å². The Morgan fingerprint density at radius 1 is 1.19 bits per heavy atom. The van der Waals surface area contributed by atoms with E-state index in [-0.39, 0.29) is 25.3 Å². The second kappa shape index (κ2) is 12.4. The minimum Gasteiger partial charge on any atom is -0.444 e. The van der Waals surface area contributed by atoms with E-state index < -0.39 is 17.8 Å². The zero-order valence-electron chi connectivity index (χ0n) is 23.8. The molecule has 220 valence electrons. The van der Waals surface area contributed by atoms with Gasteiger partial charge in [-0.2, -0.15) is 0 Å². The second-order valence-electron chi connectivity index (χ2n) is 10.9. The molecule has 0 spiro atoms. The van der Waals surface area contributed by atoms with Crippen molar-refractivity contribution in [2.24, 2.45) is 0 Å². The maximum atomic E-state index is 14.1. The summed E-state index contributed by atoms with van der Waals surface area (Å²) in [7, 11) is 0. The zero-order chi connectivity index (χ0) is 30.0. The van der Waals surface area contributed by atoms with Gasteiger partial charge in [-0.3, -0.25) is 14.3 Å². The fourth-order valence-electron chi connectivity index (χ4n) is 4.75. The molecule has 1 saturated heterocycles. The van der Waals surface area contributed by atoms with E-state index in [2.05, 4.69) is 15.0 Å². The Morgan fingerprint density at radius 2 is 2.00 bits per heavy atom. The van der Waals surface area contributed by atoms with Crippen LogP contribution in [-0.2, 0) is 22.6 Å². The molecule has 1 aliphatic heterocycles. The Labute approximate surface area is 252 Å². The summed E-state index contributed by atoms with van der Waals surface area (Å²) < 4.78 is 13.1. The highest BCUT2D eigenvalue weighted by atomic mass is 35.5. The van der Waals surface area contributed by atoms with Crippen LogP contribution in [0.2, 0.25) is 5.02 Å². The van der Waals surface area contributed by atoms with Crippen molar-refractivity contribution in [3.63, 3.8) is 0 Å². The number of aromatic nitrogens is 4. The van der Waals surface area contributed by atoms with Crippen LogP contribution in [0, 0.1) is 0 Å². The zero-order valence-corrected chi connectivity index (χ0v) is 25.4. The number of morpholine rings is 1. The van der Waals surface area contributed by atoms with Gasteiger partial charge in [-0.1, -0.05) is 41.6 Å². The number of fused-ring (bicyclic) bond motifs is 1. The molecular weight excluding hydrogens is 578 g/mol. The Hall–Kier alpha value is -3.51. The number of carbonyl (C=O) groups excluding carboxylic acids is 1. The predicted octanol–water partition coefficient (Wildman–Crippen LogP) is 5.02. The number of hydrogen-bond donors (Lipinski definition) is 1. The smallest absolute Gasteiger partial charge is 0.410 e. The molecule has 0 radical (unpaired) electrons. The summed E-state index contributed by atoms with van der Waals surface area (Å²) in [6.45, 7) is 6.45. The molecule has 0 bridgehead atoms. The summed E-state index contributed by atoms with van der Waals surface area (Å²) in [5.74, 6) is 0. The molecule has 0 unspecified atom stereocenters. The van der Waals surface area contributed by atoms with Crippen molar-refractivity contribution >= 4 is 40.5 Å². The van der Waals surface area contributed by atoms with Gasteiger partial charge in [0, 0.05) is 39.8 Å². The Balaban J connectivity index is 1.53. The van der Waals surface area contributed by atoms with Crippen LogP contribution >= 0.6 is 23.4 Å². The highest BCUT2D eigenvalue weighted by Gasteiger charge is 2.29. The second-order valence-corrected chi connectivity index (χ2v) is 12.1. The molecule has 1 atom stereocenters. The number of amides is 1. The molecule has 3 aromatic heterocycles. The third-order valence-corrected chi connectivity index (χ3v) is 7.56. The predicted molar refractivity (Wildman–Crippen MR) is 163 cm³/mol. The van der Waals surface area contributed by atoms with E-state index in [1.165, 1.54) is 11.8 Å². The van der Waals surface area contributed by atoms with Crippen molar-refractivity contribution in [3.8, 4) is 22.4 Å². The molecule has 5 rings (SSSR count). The average Bonchev–Trinajstić information content (AvgIpc) is 2.97. The maximum absolute atomic E-state index is 14.1. The lowest BCUT2D eigenvalue weighted by molar-refractivity contribution is -0.0472. The van der Waals surface area contributed by atoms with Crippen molar-refractivity contribution in [1.82, 2.24) is 24.4 Å². The summed E-state index contributed by atoms with van der Waals surface area (Å²) in [5.41, 5.74) is 2.46. The highest BCUT2D eigenvalue weighted by molar-refractivity contribution is 7.98. The Morgan fingerprint density at radius 3 is 2.71 bits per heavy atom. The van der Waals surface area contributed by atoms with Gasteiger partial charge in [0.25, 0.3) is 5.56 Å². The molecule has 12 heteroatoms. The van der Waals surface area contributed by atoms with Gasteiger partial charge in [0.05, 0.1) is 43.8 Å². The molecule has 1 aromatic carbocycles. The van der Waals surface area contributed by atoms with Gasteiger partial charge in [-0.25, -0.2) is 14.8 Å². The summed E-state index contributed by atoms with van der Waals surface area (Å²) in [4.78, 5) is 41.9. The number of pyridine rings is 2. The number of hydrogen-bond acceptors (Lipinski definition) is 9. The molecule has 10 nitrogen and oxygen atoms in total. The summed E-state index contributed by atoms with van der Waals surface area (Å²) in [5, 5.41) is 11.0. The lowest BCUT2D eigenvalue weighted by Crippen LogP contribution is -2.49. The van der Waals surface area contributed by atoms with Crippen LogP contribution in [0.25, 0.3) is 33.4 Å². The van der Waals surface area contributed by atoms with Gasteiger partial charge in [0.2, 0.25) is 0 Å². The molecule has 1 aliphatic rings. The summed E-state index contributed by atoms with van der Waals surface area (Å²) >= 11 is 8.14. The molecule has 1 fully saturated rings.